The van der Waals surface area contributed by atoms with Crippen LogP contribution in [-0.4, -0.2) is 28.6 Å². The Morgan fingerprint density at radius 3 is 2.35 bits per heavy atom. The van der Waals surface area contributed by atoms with E-state index in [9.17, 15) is 14.7 Å². The number of hydrogen-bond acceptors (Lipinski definition) is 4. The van der Waals surface area contributed by atoms with Gasteiger partial charge in [-0.3, -0.25) is 14.9 Å². The van der Waals surface area contributed by atoms with Crippen LogP contribution >= 0.6 is 0 Å². The first-order chi connectivity index (χ1) is 7.85. The summed E-state index contributed by atoms with van der Waals surface area (Å²) in [5, 5.41) is 12.2. The Labute approximate surface area is 102 Å². The second kappa shape index (κ2) is 5.60. The Morgan fingerprint density at radius 2 is 1.88 bits per heavy atom. The van der Waals surface area contributed by atoms with Crippen LogP contribution < -0.4 is 11.1 Å². The van der Waals surface area contributed by atoms with E-state index >= 15 is 0 Å². The van der Waals surface area contributed by atoms with Crippen molar-refractivity contribution in [2.45, 2.75) is 57.6 Å². The number of imide groups is 1. The van der Waals surface area contributed by atoms with E-state index in [1.165, 1.54) is 0 Å². The number of carbonyl (C=O) groups excluding carboxylic acids is 2. The molecular weight excluding hydrogens is 220 g/mol. The van der Waals surface area contributed by atoms with Crippen LogP contribution in [0.15, 0.2) is 0 Å². The molecule has 0 aromatic rings. The van der Waals surface area contributed by atoms with Gasteiger partial charge in [-0.2, -0.15) is 0 Å². The highest BCUT2D eigenvalue weighted by Gasteiger charge is 2.39. The number of amides is 2. The van der Waals surface area contributed by atoms with Crippen LogP contribution in [0.4, 0.5) is 0 Å². The Balaban J connectivity index is 2.48. The van der Waals surface area contributed by atoms with Crippen LogP contribution in [0.2, 0.25) is 0 Å². The van der Waals surface area contributed by atoms with Gasteiger partial charge in [-0.15, -0.1) is 0 Å². The molecule has 5 heteroatoms. The molecule has 0 aromatic carbocycles. The van der Waals surface area contributed by atoms with E-state index < -0.39 is 23.5 Å². The van der Waals surface area contributed by atoms with Crippen LogP contribution in [0.1, 0.15) is 46.0 Å². The molecule has 98 valence electrons. The number of aliphatic hydroxyl groups is 1. The Kier molecular flexibility index (Phi) is 4.65. The minimum Gasteiger partial charge on any atom is -0.380 e. The quantitative estimate of drug-likeness (QED) is 0.661. The normalized spacial score (nSPS) is 20.3. The highest BCUT2D eigenvalue weighted by Crippen LogP contribution is 2.29. The van der Waals surface area contributed by atoms with Crippen molar-refractivity contribution in [1.29, 1.82) is 0 Å². The molecule has 0 saturated heterocycles. The molecule has 4 N–H and O–H groups in total. The lowest BCUT2D eigenvalue weighted by molar-refractivity contribution is -0.143. The first-order valence-corrected chi connectivity index (χ1v) is 6.18. The van der Waals surface area contributed by atoms with E-state index in [1.54, 1.807) is 0 Å². The molecule has 1 aliphatic carbocycles. The van der Waals surface area contributed by atoms with Crippen LogP contribution in [0, 0.1) is 5.92 Å². The fourth-order valence-electron chi connectivity index (χ4n) is 2.12. The number of nitrogens with two attached hydrogens (primary N) is 1. The summed E-state index contributed by atoms with van der Waals surface area (Å²) < 4.78 is 0. The smallest absolute Gasteiger partial charge is 0.258 e. The van der Waals surface area contributed by atoms with Crippen molar-refractivity contribution in [3.63, 3.8) is 0 Å². The molecule has 1 fully saturated rings. The fourth-order valence-corrected chi connectivity index (χ4v) is 2.12. The van der Waals surface area contributed by atoms with Gasteiger partial charge in [0.25, 0.3) is 5.91 Å². The van der Waals surface area contributed by atoms with Crippen molar-refractivity contribution in [3.05, 3.63) is 0 Å². The molecule has 1 saturated carbocycles. The molecule has 0 radical (unpaired) electrons. The van der Waals surface area contributed by atoms with E-state index in [0.717, 1.165) is 12.8 Å². The Bertz CT molecular complexity index is 296. The van der Waals surface area contributed by atoms with Crippen LogP contribution in [0.25, 0.3) is 0 Å². The van der Waals surface area contributed by atoms with Gasteiger partial charge in [0.1, 0.15) is 5.60 Å². The highest BCUT2D eigenvalue weighted by atomic mass is 16.3. The fraction of sp³-hybridized carbons (Fsp3) is 0.833. The van der Waals surface area contributed by atoms with Crippen LogP contribution in [0.3, 0.4) is 0 Å². The minimum absolute atomic E-state index is 0.292. The lowest BCUT2D eigenvalue weighted by Crippen LogP contribution is -2.52. The molecule has 1 rings (SSSR count). The predicted octanol–water partition coefficient (Wildman–Crippen LogP) is 0.308. The van der Waals surface area contributed by atoms with E-state index in [4.69, 9.17) is 5.73 Å². The number of rotatable bonds is 4. The van der Waals surface area contributed by atoms with Crippen molar-refractivity contribution in [1.82, 2.24) is 5.32 Å². The second-order valence-electron chi connectivity index (χ2n) is 5.29. The van der Waals surface area contributed by atoms with Crippen LogP contribution in [0.5, 0.6) is 0 Å². The van der Waals surface area contributed by atoms with Gasteiger partial charge in [-0.05, 0) is 38.0 Å². The monoisotopic (exact) mass is 242 g/mol. The molecule has 0 heterocycles. The molecule has 0 bridgehead atoms. The summed E-state index contributed by atoms with van der Waals surface area (Å²) in [7, 11) is 0. The van der Waals surface area contributed by atoms with Crippen molar-refractivity contribution in [3.8, 4) is 0 Å². The van der Waals surface area contributed by atoms with Gasteiger partial charge >= 0.3 is 0 Å². The van der Waals surface area contributed by atoms with Crippen molar-refractivity contribution >= 4 is 11.8 Å². The van der Waals surface area contributed by atoms with E-state index in [2.05, 4.69) is 5.32 Å². The number of nitrogens with one attached hydrogen (secondary N) is 1. The van der Waals surface area contributed by atoms with Crippen molar-refractivity contribution in [2.75, 3.05) is 0 Å². The van der Waals surface area contributed by atoms with Gasteiger partial charge in [0.15, 0.2) is 0 Å². The topological polar surface area (TPSA) is 92.4 Å². The van der Waals surface area contributed by atoms with Crippen molar-refractivity contribution < 1.29 is 14.7 Å². The molecule has 1 aliphatic rings. The second-order valence-corrected chi connectivity index (χ2v) is 5.29. The minimum atomic E-state index is -1.37. The van der Waals surface area contributed by atoms with Crippen LogP contribution in [-0.2, 0) is 9.59 Å². The average molecular weight is 242 g/mol. The SMILES string of the molecule is CC(C)C[C@H](N)C(=O)NC(=O)C1(O)CCCC1. The molecule has 0 aliphatic heterocycles. The summed E-state index contributed by atoms with van der Waals surface area (Å²) in [4.78, 5) is 23.4. The summed E-state index contributed by atoms with van der Waals surface area (Å²) in [5.74, 6) is -0.802. The van der Waals surface area contributed by atoms with Gasteiger partial charge in [0.05, 0.1) is 6.04 Å². The lowest BCUT2D eigenvalue weighted by atomic mass is 10.0. The summed E-state index contributed by atoms with van der Waals surface area (Å²) >= 11 is 0. The molecule has 17 heavy (non-hydrogen) atoms. The summed E-state index contributed by atoms with van der Waals surface area (Å²) in [6.45, 7) is 3.92. The highest BCUT2D eigenvalue weighted by molar-refractivity contribution is 6.01. The summed E-state index contributed by atoms with van der Waals surface area (Å²) in [5.41, 5.74) is 4.29. The number of carbonyl (C=O) groups is 2. The maximum Gasteiger partial charge on any atom is 0.258 e. The standard InChI is InChI=1S/C12H22N2O3/c1-8(2)7-9(13)10(15)14-11(16)12(17)5-3-4-6-12/h8-9,17H,3-7,13H2,1-2H3,(H,14,15,16)/t9-/m0/s1. The third kappa shape index (κ3) is 3.78. The molecular formula is C12H22N2O3. The molecule has 0 unspecified atom stereocenters. The summed E-state index contributed by atoms with van der Waals surface area (Å²) in [6, 6.07) is -0.691. The average Bonchev–Trinajstić information content (AvgIpc) is 2.65. The summed E-state index contributed by atoms with van der Waals surface area (Å²) in [6.07, 6.45) is 3.00. The molecule has 2 amide bonds. The zero-order valence-corrected chi connectivity index (χ0v) is 10.5. The predicted molar refractivity (Wildman–Crippen MR) is 64.0 cm³/mol. The maximum atomic E-state index is 11.7. The lowest BCUT2D eigenvalue weighted by Gasteiger charge is -2.21. The molecule has 0 spiro atoms. The molecule has 1 atom stereocenters. The van der Waals surface area contributed by atoms with E-state index in [1.807, 2.05) is 13.8 Å². The van der Waals surface area contributed by atoms with Crippen molar-refractivity contribution in [2.24, 2.45) is 11.7 Å². The third-order valence-corrected chi connectivity index (χ3v) is 3.15. The first-order valence-electron chi connectivity index (χ1n) is 6.18. The zero-order valence-electron chi connectivity index (χ0n) is 10.5. The Morgan fingerprint density at radius 1 is 1.35 bits per heavy atom. The van der Waals surface area contributed by atoms with Gasteiger partial charge in [0.2, 0.25) is 5.91 Å². The van der Waals surface area contributed by atoms with Gasteiger partial charge in [-0.25, -0.2) is 0 Å². The molecule has 5 nitrogen and oxygen atoms in total. The zero-order chi connectivity index (χ0) is 13.1. The Hall–Kier alpha value is -0.940. The van der Waals surface area contributed by atoms with E-state index in [0.29, 0.717) is 25.2 Å². The first kappa shape index (κ1) is 14.1. The van der Waals surface area contributed by atoms with Gasteiger partial charge in [-0.1, -0.05) is 13.8 Å². The van der Waals surface area contributed by atoms with Gasteiger partial charge < -0.3 is 10.8 Å². The largest absolute Gasteiger partial charge is 0.380 e. The molecule has 0 aromatic heterocycles. The third-order valence-electron chi connectivity index (χ3n) is 3.15. The van der Waals surface area contributed by atoms with Gasteiger partial charge in [0, 0.05) is 0 Å². The van der Waals surface area contributed by atoms with E-state index in [-0.39, 0.29) is 0 Å². The number of hydrogen-bond donors (Lipinski definition) is 3. The maximum absolute atomic E-state index is 11.7.